The van der Waals surface area contributed by atoms with E-state index >= 15 is 0 Å². The number of rotatable bonds is 5. The van der Waals surface area contributed by atoms with E-state index < -0.39 is 11.9 Å². The van der Waals surface area contributed by atoms with Crippen LogP contribution in [0.1, 0.15) is 32.1 Å². The van der Waals surface area contributed by atoms with Crippen molar-refractivity contribution in [3.05, 3.63) is 78.4 Å². The van der Waals surface area contributed by atoms with E-state index in [1.807, 2.05) is 0 Å². The molecule has 7 nitrogen and oxygen atoms in total. The van der Waals surface area contributed by atoms with Crippen molar-refractivity contribution >= 4 is 65.9 Å². The Bertz CT molecular complexity index is 1110. The van der Waals surface area contributed by atoms with Gasteiger partial charge in [-0.05, 0) is 69.1 Å². The molecule has 1 amide bonds. The number of aryl methyl sites for hydroxylation is 1. The van der Waals surface area contributed by atoms with E-state index in [4.69, 9.17) is 4.74 Å². The van der Waals surface area contributed by atoms with Crippen LogP contribution in [0.15, 0.2) is 61.0 Å². The standard InChI is InChI=1S/C19H13Br3N4O3/c1-10-6-16(25-24-10)18(27)26-23-9-11-7-12(20)8-15(22)17(11)29-19(28)13-4-2-3-5-14(13)21/h2-9H,1H3,(H,24,25)(H,26,27). The van der Waals surface area contributed by atoms with Crippen LogP contribution in [0.3, 0.4) is 0 Å². The number of nitrogens with zero attached hydrogens (tertiary/aromatic N) is 2. The number of aromatic amines is 1. The molecule has 2 N–H and O–H groups in total. The van der Waals surface area contributed by atoms with E-state index in [1.165, 1.54) is 6.21 Å². The van der Waals surface area contributed by atoms with Crippen molar-refractivity contribution in [1.29, 1.82) is 0 Å². The van der Waals surface area contributed by atoms with Gasteiger partial charge in [-0.15, -0.1) is 0 Å². The molecule has 2 aromatic carbocycles. The highest BCUT2D eigenvalue weighted by molar-refractivity contribution is 9.11. The lowest BCUT2D eigenvalue weighted by molar-refractivity contribution is 0.0732. The molecule has 29 heavy (non-hydrogen) atoms. The summed E-state index contributed by atoms with van der Waals surface area (Å²) in [7, 11) is 0. The molecule has 0 unspecified atom stereocenters. The highest BCUT2D eigenvalue weighted by atomic mass is 79.9. The molecule has 0 radical (unpaired) electrons. The molecule has 0 atom stereocenters. The normalized spacial score (nSPS) is 10.9. The molecule has 0 aliphatic carbocycles. The number of esters is 1. The summed E-state index contributed by atoms with van der Waals surface area (Å²) < 4.78 is 7.49. The van der Waals surface area contributed by atoms with Crippen LogP contribution in [0.4, 0.5) is 0 Å². The number of hydrazone groups is 1. The molecule has 1 heterocycles. The van der Waals surface area contributed by atoms with Gasteiger partial charge in [0.05, 0.1) is 16.3 Å². The number of carbonyl (C=O) groups excluding carboxylic acids is 2. The first-order valence-electron chi connectivity index (χ1n) is 8.16. The maximum Gasteiger partial charge on any atom is 0.344 e. The molecule has 0 aliphatic heterocycles. The number of carbonyl (C=O) groups is 2. The Morgan fingerprint density at radius 1 is 1.14 bits per heavy atom. The van der Waals surface area contributed by atoms with Crippen molar-refractivity contribution in [2.24, 2.45) is 5.10 Å². The minimum atomic E-state index is -0.536. The molecule has 3 rings (SSSR count). The van der Waals surface area contributed by atoms with Crippen LogP contribution in [0, 0.1) is 6.92 Å². The lowest BCUT2D eigenvalue weighted by atomic mass is 10.2. The topological polar surface area (TPSA) is 96.4 Å². The van der Waals surface area contributed by atoms with Gasteiger partial charge in [0.2, 0.25) is 0 Å². The zero-order valence-corrected chi connectivity index (χ0v) is 19.6. The molecule has 0 spiro atoms. The number of H-pyrrole nitrogens is 1. The van der Waals surface area contributed by atoms with E-state index in [-0.39, 0.29) is 11.4 Å². The third-order valence-corrected chi connectivity index (χ3v) is 5.37. The first-order valence-corrected chi connectivity index (χ1v) is 10.5. The Morgan fingerprint density at radius 3 is 2.59 bits per heavy atom. The number of benzene rings is 2. The molecule has 148 valence electrons. The van der Waals surface area contributed by atoms with Crippen LogP contribution in [0.2, 0.25) is 0 Å². The third-order valence-electron chi connectivity index (χ3n) is 3.63. The Morgan fingerprint density at radius 2 is 1.90 bits per heavy atom. The molecule has 3 aromatic rings. The van der Waals surface area contributed by atoms with Crippen molar-refractivity contribution < 1.29 is 14.3 Å². The van der Waals surface area contributed by atoms with Gasteiger partial charge in [0.25, 0.3) is 5.91 Å². The maximum absolute atomic E-state index is 12.6. The maximum atomic E-state index is 12.6. The van der Waals surface area contributed by atoms with Gasteiger partial charge in [0, 0.05) is 20.2 Å². The average Bonchev–Trinajstić information content (AvgIpc) is 3.11. The Hall–Kier alpha value is -2.30. The highest BCUT2D eigenvalue weighted by Crippen LogP contribution is 2.33. The van der Waals surface area contributed by atoms with Crippen LogP contribution in [-0.2, 0) is 0 Å². The van der Waals surface area contributed by atoms with E-state index in [1.54, 1.807) is 49.4 Å². The van der Waals surface area contributed by atoms with Crippen molar-refractivity contribution in [2.45, 2.75) is 6.92 Å². The molecule has 1 aromatic heterocycles. The molecule has 0 aliphatic rings. The SMILES string of the molecule is Cc1cc(C(=O)NN=Cc2cc(Br)cc(Br)c2OC(=O)c2ccccc2Br)n[nH]1. The first-order chi connectivity index (χ1) is 13.8. The van der Waals surface area contributed by atoms with E-state index in [0.29, 0.717) is 20.1 Å². The van der Waals surface area contributed by atoms with Crippen LogP contribution in [0.5, 0.6) is 5.75 Å². The van der Waals surface area contributed by atoms with Crippen molar-refractivity contribution in [3.8, 4) is 5.75 Å². The largest absolute Gasteiger partial charge is 0.421 e. The van der Waals surface area contributed by atoms with Gasteiger partial charge in [-0.2, -0.15) is 10.2 Å². The van der Waals surface area contributed by atoms with Crippen LogP contribution in [-0.4, -0.2) is 28.3 Å². The third kappa shape index (κ3) is 5.40. The van der Waals surface area contributed by atoms with Crippen LogP contribution >= 0.6 is 47.8 Å². The molecule has 0 bridgehead atoms. The monoisotopic (exact) mass is 582 g/mol. The molecular formula is C19H13Br3N4O3. The summed E-state index contributed by atoms with van der Waals surface area (Å²) in [6.07, 6.45) is 1.38. The smallest absolute Gasteiger partial charge is 0.344 e. The Balaban J connectivity index is 1.82. The fourth-order valence-electron chi connectivity index (χ4n) is 2.31. The average molecular weight is 585 g/mol. The fraction of sp³-hybridized carbons (Fsp3) is 0.0526. The van der Waals surface area contributed by atoms with Gasteiger partial charge < -0.3 is 4.74 Å². The van der Waals surface area contributed by atoms with Crippen LogP contribution in [0.25, 0.3) is 0 Å². The highest BCUT2D eigenvalue weighted by Gasteiger charge is 2.17. The number of hydrogen-bond donors (Lipinski definition) is 2. The molecular weight excluding hydrogens is 572 g/mol. The summed E-state index contributed by atoms with van der Waals surface area (Å²) in [5.74, 6) is -0.736. The Kier molecular flexibility index (Phi) is 6.99. The van der Waals surface area contributed by atoms with Crippen molar-refractivity contribution in [2.75, 3.05) is 0 Å². The van der Waals surface area contributed by atoms with Crippen LogP contribution < -0.4 is 10.2 Å². The minimum absolute atomic E-state index is 0.218. The number of halogens is 3. The molecule has 0 saturated carbocycles. The molecule has 0 fully saturated rings. The van der Waals surface area contributed by atoms with E-state index in [9.17, 15) is 9.59 Å². The van der Waals surface area contributed by atoms with Gasteiger partial charge in [-0.25, -0.2) is 10.2 Å². The van der Waals surface area contributed by atoms with Gasteiger partial charge >= 0.3 is 5.97 Å². The zero-order chi connectivity index (χ0) is 21.0. The fourth-order valence-corrected chi connectivity index (χ4v) is 4.10. The number of aromatic nitrogens is 2. The van der Waals surface area contributed by atoms with Crippen molar-refractivity contribution in [1.82, 2.24) is 15.6 Å². The summed E-state index contributed by atoms with van der Waals surface area (Å²) in [6, 6.07) is 12.0. The van der Waals surface area contributed by atoms with E-state index in [2.05, 4.69) is 68.5 Å². The summed E-state index contributed by atoms with van der Waals surface area (Å²) in [5.41, 5.74) is 4.23. The van der Waals surface area contributed by atoms with E-state index in [0.717, 1.165) is 10.2 Å². The predicted molar refractivity (Wildman–Crippen MR) is 119 cm³/mol. The quantitative estimate of drug-likeness (QED) is 0.191. The second-order valence-electron chi connectivity index (χ2n) is 5.81. The summed E-state index contributed by atoms with van der Waals surface area (Å²) in [4.78, 5) is 24.6. The lowest BCUT2D eigenvalue weighted by Crippen LogP contribution is -2.18. The Labute approximate surface area is 191 Å². The first kappa shape index (κ1) is 21.4. The van der Waals surface area contributed by atoms with Gasteiger partial charge in [0.15, 0.2) is 11.4 Å². The van der Waals surface area contributed by atoms with Gasteiger partial charge in [0.1, 0.15) is 0 Å². The zero-order valence-electron chi connectivity index (χ0n) is 14.9. The molecule has 0 saturated heterocycles. The van der Waals surface area contributed by atoms with Crippen molar-refractivity contribution in [3.63, 3.8) is 0 Å². The van der Waals surface area contributed by atoms with Gasteiger partial charge in [-0.3, -0.25) is 9.89 Å². The number of amides is 1. The minimum Gasteiger partial charge on any atom is -0.421 e. The number of hydrogen-bond acceptors (Lipinski definition) is 5. The predicted octanol–water partition coefficient (Wildman–Crippen LogP) is 4.99. The lowest BCUT2D eigenvalue weighted by Gasteiger charge is -2.11. The summed E-state index contributed by atoms with van der Waals surface area (Å²) in [6.45, 7) is 1.79. The second-order valence-corrected chi connectivity index (χ2v) is 8.44. The molecule has 10 heteroatoms. The number of ether oxygens (including phenoxy) is 1. The van der Waals surface area contributed by atoms with Gasteiger partial charge in [-0.1, -0.05) is 28.1 Å². The second kappa shape index (κ2) is 9.47. The number of nitrogens with one attached hydrogen (secondary N) is 2. The summed E-state index contributed by atoms with van der Waals surface area (Å²) >= 11 is 10.1. The summed E-state index contributed by atoms with van der Waals surface area (Å²) in [5, 5.41) is 10.5.